The van der Waals surface area contributed by atoms with Gasteiger partial charge in [0.2, 0.25) is 10.0 Å². The molecule has 0 atom stereocenters. The molecule has 1 aromatic rings. The largest absolute Gasteiger partial charge is 0.243 e. The van der Waals surface area contributed by atoms with Crippen LogP contribution in [0.4, 0.5) is 4.39 Å². The Bertz CT molecular complexity index is 540. The van der Waals surface area contributed by atoms with Crippen molar-refractivity contribution in [2.75, 3.05) is 6.54 Å². The molecule has 0 saturated heterocycles. The van der Waals surface area contributed by atoms with Crippen molar-refractivity contribution >= 4 is 26.0 Å². The number of nitrogens with zero attached hydrogens (tertiary/aromatic N) is 1. The summed E-state index contributed by atoms with van der Waals surface area (Å²) in [5.74, 6) is -0.813. The number of hydrogen-bond donors (Lipinski definition) is 1. The number of benzene rings is 1. The van der Waals surface area contributed by atoms with Crippen molar-refractivity contribution in [1.29, 1.82) is 5.26 Å². The molecule has 0 amide bonds. The molecule has 0 bridgehead atoms. The Kier molecular flexibility index (Phi) is 5.05. The first-order chi connectivity index (χ1) is 7.97. The Morgan fingerprint density at radius 3 is 2.76 bits per heavy atom. The minimum atomic E-state index is -3.84. The van der Waals surface area contributed by atoms with Gasteiger partial charge in [-0.2, -0.15) is 5.26 Å². The number of nitriles is 1. The van der Waals surface area contributed by atoms with E-state index in [0.29, 0.717) is 10.9 Å². The summed E-state index contributed by atoms with van der Waals surface area (Å²) in [6.45, 7) is 0.116. The monoisotopic (exact) mass is 320 g/mol. The molecule has 0 heterocycles. The minimum Gasteiger partial charge on any atom is -0.211 e. The van der Waals surface area contributed by atoms with Gasteiger partial charge in [-0.05, 0) is 24.6 Å². The average molecular weight is 321 g/mol. The molecule has 0 aromatic heterocycles. The Morgan fingerprint density at radius 2 is 2.18 bits per heavy atom. The topological polar surface area (TPSA) is 70.0 Å². The number of rotatable bonds is 5. The van der Waals surface area contributed by atoms with Crippen molar-refractivity contribution in [3.8, 4) is 6.07 Å². The van der Waals surface area contributed by atoms with Crippen LogP contribution in [0, 0.1) is 17.1 Å². The van der Waals surface area contributed by atoms with Crippen LogP contribution < -0.4 is 4.72 Å². The summed E-state index contributed by atoms with van der Waals surface area (Å²) in [6, 6.07) is 5.62. The van der Waals surface area contributed by atoms with Gasteiger partial charge in [0.1, 0.15) is 10.7 Å². The number of hydrogen-bond acceptors (Lipinski definition) is 3. The first-order valence-electron chi connectivity index (χ1n) is 4.79. The lowest BCUT2D eigenvalue weighted by atomic mass is 10.3. The van der Waals surface area contributed by atoms with Gasteiger partial charge in [-0.15, -0.1) is 0 Å². The molecular formula is C10H10BrFN2O2S. The van der Waals surface area contributed by atoms with Crippen molar-refractivity contribution < 1.29 is 12.8 Å². The fraction of sp³-hybridized carbons (Fsp3) is 0.300. The third-order valence-corrected chi connectivity index (χ3v) is 3.93. The quantitative estimate of drug-likeness (QED) is 0.845. The molecule has 92 valence electrons. The molecule has 0 spiro atoms. The summed E-state index contributed by atoms with van der Waals surface area (Å²) in [5, 5.41) is 8.29. The first kappa shape index (κ1) is 14.1. The molecular weight excluding hydrogens is 311 g/mol. The molecule has 0 aliphatic heterocycles. The van der Waals surface area contributed by atoms with Crippen molar-refractivity contribution in [1.82, 2.24) is 4.72 Å². The summed E-state index contributed by atoms with van der Waals surface area (Å²) >= 11 is 3.04. The van der Waals surface area contributed by atoms with Gasteiger partial charge >= 0.3 is 0 Å². The molecule has 7 heteroatoms. The molecule has 0 aliphatic carbocycles. The lowest BCUT2D eigenvalue weighted by molar-refractivity contribution is 0.555. The van der Waals surface area contributed by atoms with E-state index in [1.54, 1.807) is 0 Å². The second-order valence-corrected chi connectivity index (χ2v) is 5.89. The van der Waals surface area contributed by atoms with Gasteiger partial charge in [-0.1, -0.05) is 15.9 Å². The third kappa shape index (κ3) is 4.07. The first-order valence-corrected chi connectivity index (χ1v) is 7.06. The normalized spacial score (nSPS) is 11.1. The third-order valence-electron chi connectivity index (χ3n) is 1.94. The summed E-state index contributed by atoms with van der Waals surface area (Å²) in [5.41, 5.74) is 0. The maximum atomic E-state index is 13.4. The molecule has 1 rings (SSSR count). The molecule has 0 unspecified atom stereocenters. The van der Waals surface area contributed by atoms with E-state index in [0.717, 1.165) is 6.07 Å². The highest BCUT2D eigenvalue weighted by atomic mass is 79.9. The zero-order chi connectivity index (χ0) is 12.9. The highest BCUT2D eigenvalue weighted by Gasteiger charge is 2.18. The van der Waals surface area contributed by atoms with Gasteiger partial charge in [0.25, 0.3) is 0 Å². The lowest BCUT2D eigenvalue weighted by Crippen LogP contribution is -2.25. The molecule has 1 aromatic carbocycles. The average Bonchev–Trinajstić information content (AvgIpc) is 2.24. The molecule has 0 saturated carbocycles. The van der Waals surface area contributed by atoms with Crippen LogP contribution in [0.25, 0.3) is 0 Å². The summed E-state index contributed by atoms with van der Waals surface area (Å²) in [6.07, 6.45) is 0.652. The van der Waals surface area contributed by atoms with E-state index in [4.69, 9.17) is 5.26 Å². The van der Waals surface area contributed by atoms with Crippen LogP contribution >= 0.6 is 15.9 Å². The maximum Gasteiger partial charge on any atom is 0.243 e. The zero-order valence-corrected chi connectivity index (χ0v) is 11.2. The summed E-state index contributed by atoms with van der Waals surface area (Å²) < 4.78 is 39.5. The van der Waals surface area contributed by atoms with Crippen LogP contribution in [0.15, 0.2) is 27.6 Å². The summed E-state index contributed by atoms with van der Waals surface area (Å²) in [4.78, 5) is -0.391. The molecule has 17 heavy (non-hydrogen) atoms. The van der Waals surface area contributed by atoms with Crippen LogP contribution in [-0.2, 0) is 10.0 Å². The fourth-order valence-electron chi connectivity index (χ4n) is 1.14. The fourth-order valence-corrected chi connectivity index (χ4v) is 2.61. The van der Waals surface area contributed by atoms with Gasteiger partial charge in [0, 0.05) is 17.4 Å². The van der Waals surface area contributed by atoms with Gasteiger partial charge in [-0.25, -0.2) is 17.5 Å². The van der Waals surface area contributed by atoms with Crippen molar-refractivity contribution in [2.45, 2.75) is 17.7 Å². The van der Waals surface area contributed by atoms with Crippen LogP contribution in [0.3, 0.4) is 0 Å². The van der Waals surface area contributed by atoms with Crippen LogP contribution in [0.5, 0.6) is 0 Å². The van der Waals surface area contributed by atoms with E-state index in [1.165, 1.54) is 12.1 Å². The molecule has 0 fully saturated rings. The van der Waals surface area contributed by atoms with Crippen LogP contribution in [0.1, 0.15) is 12.8 Å². The second-order valence-electron chi connectivity index (χ2n) is 3.23. The van der Waals surface area contributed by atoms with Crippen molar-refractivity contribution in [3.63, 3.8) is 0 Å². The highest BCUT2D eigenvalue weighted by molar-refractivity contribution is 9.10. The van der Waals surface area contributed by atoms with Gasteiger partial charge < -0.3 is 0 Å². The Labute approximate surface area is 108 Å². The van der Waals surface area contributed by atoms with Crippen LogP contribution in [0.2, 0.25) is 0 Å². The second kappa shape index (κ2) is 6.10. The predicted octanol–water partition coefficient (Wildman–Crippen LogP) is 2.17. The number of sulfonamides is 1. The zero-order valence-electron chi connectivity index (χ0n) is 8.78. The molecule has 0 aliphatic rings. The van der Waals surface area contributed by atoms with Gasteiger partial charge in [0.15, 0.2) is 0 Å². The predicted molar refractivity (Wildman–Crippen MR) is 64.1 cm³/mol. The van der Waals surface area contributed by atoms with E-state index in [-0.39, 0.29) is 13.0 Å². The number of halogens is 2. The molecule has 0 radical (unpaired) electrons. The van der Waals surface area contributed by atoms with E-state index < -0.39 is 20.7 Å². The van der Waals surface area contributed by atoms with Crippen molar-refractivity contribution in [3.05, 3.63) is 28.5 Å². The van der Waals surface area contributed by atoms with Gasteiger partial charge in [0.05, 0.1) is 6.07 Å². The van der Waals surface area contributed by atoms with Crippen molar-refractivity contribution in [2.24, 2.45) is 0 Å². The number of nitrogens with one attached hydrogen (secondary N) is 1. The van der Waals surface area contributed by atoms with E-state index >= 15 is 0 Å². The minimum absolute atomic E-state index is 0.116. The highest BCUT2D eigenvalue weighted by Crippen LogP contribution is 2.19. The van der Waals surface area contributed by atoms with E-state index in [2.05, 4.69) is 20.7 Å². The Hall–Kier alpha value is -0.970. The molecule has 4 nitrogen and oxygen atoms in total. The molecule has 1 N–H and O–H groups in total. The Morgan fingerprint density at radius 1 is 1.47 bits per heavy atom. The maximum absolute atomic E-state index is 13.4. The van der Waals surface area contributed by atoms with E-state index in [1.807, 2.05) is 6.07 Å². The van der Waals surface area contributed by atoms with Gasteiger partial charge in [-0.3, -0.25) is 0 Å². The number of unbranched alkanes of at least 4 members (excludes halogenated alkanes) is 1. The standard InChI is InChI=1S/C10H10BrFN2O2S/c11-8-3-4-10(9(12)7-8)17(15,16)14-6-2-1-5-13/h3-4,7,14H,1-2,6H2. The SMILES string of the molecule is N#CCCCNS(=O)(=O)c1ccc(Br)cc1F. The smallest absolute Gasteiger partial charge is 0.211 e. The summed E-state index contributed by atoms with van der Waals surface area (Å²) in [7, 11) is -3.84. The lowest BCUT2D eigenvalue weighted by Gasteiger charge is -2.06. The van der Waals surface area contributed by atoms with Crippen LogP contribution in [-0.4, -0.2) is 15.0 Å². The Balaban J connectivity index is 2.80. The van der Waals surface area contributed by atoms with E-state index in [9.17, 15) is 12.8 Å².